The minimum atomic E-state index is -0.245. The van der Waals surface area contributed by atoms with Crippen molar-refractivity contribution in [3.8, 4) is 21.8 Å². The Labute approximate surface area is 182 Å². The molecule has 0 atom stereocenters. The number of hydrogen-bond donors (Lipinski definition) is 1. The van der Waals surface area contributed by atoms with Gasteiger partial charge in [0.2, 0.25) is 5.95 Å². The smallest absolute Gasteiger partial charge is 0.222 e. The summed E-state index contributed by atoms with van der Waals surface area (Å²) in [5.74, 6) is 0.794. The maximum absolute atomic E-state index is 13.4. The fraction of sp³-hybridized carbons (Fsp3) is 0.435. The highest BCUT2D eigenvalue weighted by Gasteiger charge is 2.25. The van der Waals surface area contributed by atoms with Crippen LogP contribution in [0.15, 0.2) is 36.5 Å². The van der Waals surface area contributed by atoms with E-state index in [-0.39, 0.29) is 5.82 Å². The van der Waals surface area contributed by atoms with Gasteiger partial charge in [0, 0.05) is 24.7 Å². The van der Waals surface area contributed by atoms with Gasteiger partial charge in [0.25, 0.3) is 0 Å². The van der Waals surface area contributed by atoms with E-state index in [9.17, 15) is 4.39 Å². The Bertz CT molecular complexity index is 933. The number of benzene rings is 1. The van der Waals surface area contributed by atoms with Crippen LogP contribution >= 0.6 is 11.3 Å². The molecule has 0 amide bonds. The average Bonchev–Trinajstić information content (AvgIpc) is 3.21. The van der Waals surface area contributed by atoms with E-state index >= 15 is 0 Å². The van der Waals surface area contributed by atoms with E-state index < -0.39 is 0 Å². The van der Waals surface area contributed by atoms with Crippen molar-refractivity contribution in [3.05, 3.63) is 47.4 Å². The van der Waals surface area contributed by atoms with Crippen molar-refractivity contribution in [2.24, 2.45) is 0 Å². The van der Waals surface area contributed by atoms with Crippen molar-refractivity contribution in [1.82, 2.24) is 19.9 Å². The lowest BCUT2D eigenvalue weighted by atomic mass is 9.98. The molecule has 160 valence electrons. The lowest BCUT2D eigenvalue weighted by Crippen LogP contribution is -2.29. The summed E-state index contributed by atoms with van der Waals surface area (Å²) >= 11 is 1.70. The minimum absolute atomic E-state index is 0.245. The first-order valence-electron chi connectivity index (χ1n) is 10.5. The normalized spacial score (nSPS) is 14.8. The van der Waals surface area contributed by atoms with Gasteiger partial charge >= 0.3 is 0 Å². The van der Waals surface area contributed by atoms with Crippen molar-refractivity contribution in [1.29, 1.82) is 0 Å². The summed E-state index contributed by atoms with van der Waals surface area (Å²) in [5, 5.41) is 4.13. The monoisotopic (exact) mass is 427 g/mol. The van der Waals surface area contributed by atoms with E-state index in [1.165, 1.54) is 18.6 Å². The van der Waals surface area contributed by atoms with Gasteiger partial charge in [-0.15, -0.1) is 11.3 Å². The highest BCUT2D eigenvalue weighted by atomic mass is 32.1. The van der Waals surface area contributed by atoms with Crippen LogP contribution in [-0.2, 0) is 0 Å². The molecule has 3 heterocycles. The van der Waals surface area contributed by atoms with Gasteiger partial charge in [-0.3, -0.25) is 0 Å². The first kappa shape index (κ1) is 22.3. The standard InChI is InChI=1S/C20H22FN5S.C3H8/c1-22-20-23-10-7-16(24-20)18-17(13-3-5-15(21)6-4-13)25-19(27-18)14-8-11-26(2)12-9-14;1-3-2/h3-7,10,14H,8-9,11-12H2,1-2H3,(H,22,23,24);3H2,1-2H3. The molecular weight excluding hydrogens is 397 g/mol. The molecule has 2 aromatic heterocycles. The molecule has 1 aliphatic heterocycles. The summed E-state index contributed by atoms with van der Waals surface area (Å²) in [4.78, 5) is 17.2. The number of halogens is 1. The molecule has 4 rings (SSSR count). The van der Waals surface area contributed by atoms with Gasteiger partial charge in [-0.05, 0) is 63.3 Å². The van der Waals surface area contributed by atoms with Crippen molar-refractivity contribution in [3.63, 3.8) is 0 Å². The van der Waals surface area contributed by atoms with Crippen LogP contribution in [0, 0.1) is 5.82 Å². The molecule has 0 spiro atoms. The molecule has 30 heavy (non-hydrogen) atoms. The fourth-order valence-electron chi connectivity index (χ4n) is 3.35. The van der Waals surface area contributed by atoms with Gasteiger partial charge in [-0.1, -0.05) is 20.3 Å². The number of thiazole rings is 1. The van der Waals surface area contributed by atoms with E-state index in [2.05, 4.69) is 41.1 Å². The van der Waals surface area contributed by atoms with E-state index in [0.717, 1.165) is 52.8 Å². The summed E-state index contributed by atoms with van der Waals surface area (Å²) in [6, 6.07) is 8.43. The summed E-state index contributed by atoms with van der Waals surface area (Å²) in [6.45, 7) is 6.42. The molecular formula is C23H30FN5S. The maximum atomic E-state index is 13.4. The summed E-state index contributed by atoms with van der Waals surface area (Å²) in [6.07, 6.45) is 5.22. The summed E-state index contributed by atoms with van der Waals surface area (Å²) in [5.41, 5.74) is 2.62. The van der Waals surface area contributed by atoms with Crippen LogP contribution in [0.25, 0.3) is 21.8 Å². The highest BCUT2D eigenvalue weighted by Crippen LogP contribution is 2.41. The van der Waals surface area contributed by atoms with Crippen molar-refractivity contribution < 1.29 is 4.39 Å². The third kappa shape index (κ3) is 5.40. The zero-order valence-electron chi connectivity index (χ0n) is 18.2. The van der Waals surface area contributed by atoms with Crippen LogP contribution in [0.1, 0.15) is 44.0 Å². The molecule has 0 aliphatic carbocycles. The Balaban J connectivity index is 0.000000806. The summed E-state index contributed by atoms with van der Waals surface area (Å²) in [7, 11) is 3.96. The second-order valence-corrected chi connectivity index (χ2v) is 8.57. The molecule has 1 aliphatic rings. The zero-order valence-corrected chi connectivity index (χ0v) is 19.0. The molecule has 5 nitrogen and oxygen atoms in total. The first-order chi connectivity index (χ1) is 14.5. The third-order valence-corrected chi connectivity index (χ3v) is 6.18. The Hall–Kier alpha value is -2.38. The van der Waals surface area contributed by atoms with E-state index in [4.69, 9.17) is 4.98 Å². The zero-order chi connectivity index (χ0) is 21.5. The predicted octanol–water partition coefficient (Wildman–Crippen LogP) is 5.67. The second kappa shape index (κ2) is 10.6. The van der Waals surface area contributed by atoms with Gasteiger partial charge in [0.15, 0.2) is 0 Å². The Morgan fingerprint density at radius 1 is 1.10 bits per heavy atom. The van der Waals surface area contributed by atoms with Crippen LogP contribution in [0.5, 0.6) is 0 Å². The van der Waals surface area contributed by atoms with Crippen molar-refractivity contribution in [2.45, 2.75) is 39.0 Å². The van der Waals surface area contributed by atoms with E-state index in [1.807, 2.05) is 6.07 Å². The Morgan fingerprint density at radius 3 is 2.40 bits per heavy atom. The number of hydrogen-bond acceptors (Lipinski definition) is 6. The largest absolute Gasteiger partial charge is 0.357 e. The van der Waals surface area contributed by atoms with Gasteiger partial charge < -0.3 is 10.2 Å². The molecule has 1 fully saturated rings. The van der Waals surface area contributed by atoms with E-state index in [0.29, 0.717) is 11.9 Å². The molecule has 1 aromatic carbocycles. The number of nitrogens with one attached hydrogen (secondary N) is 1. The lowest BCUT2D eigenvalue weighted by Gasteiger charge is -2.27. The van der Waals surface area contributed by atoms with E-state index in [1.54, 1.807) is 36.7 Å². The second-order valence-electron chi connectivity index (χ2n) is 7.54. The van der Waals surface area contributed by atoms with Crippen LogP contribution in [0.4, 0.5) is 10.3 Å². The van der Waals surface area contributed by atoms with Crippen LogP contribution < -0.4 is 5.32 Å². The Kier molecular flexibility index (Phi) is 7.87. The number of piperidine rings is 1. The SMILES string of the molecule is CCC.CNc1nccc(-c2sc(C3CCN(C)CC3)nc2-c2ccc(F)cc2)n1. The Morgan fingerprint density at radius 2 is 1.77 bits per heavy atom. The molecule has 7 heteroatoms. The quantitative estimate of drug-likeness (QED) is 0.581. The molecule has 1 N–H and O–H groups in total. The molecule has 0 saturated carbocycles. The predicted molar refractivity (Wildman–Crippen MR) is 124 cm³/mol. The van der Waals surface area contributed by atoms with Gasteiger partial charge in [-0.2, -0.15) is 0 Å². The lowest BCUT2D eigenvalue weighted by molar-refractivity contribution is 0.255. The van der Waals surface area contributed by atoms with Crippen LogP contribution in [-0.4, -0.2) is 47.0 Å². The van der Waals surface area contributed by atoms with Gasteiger partial charge in [-0.25, -0.2) is 19.3 Å². The molecule has 0 unspecified atom stereocenters. The molecule has 3 aromatic rings. The van der Waals surface area contributed by atoms with Gasteiger partial charge in [0.1, 0.15) is 5.82 Å². The molecule has 0 radical (unpaired) electrons. The minimum Gasteiger partial charge on any atom is -0.357 e. The van der Waals surface area contributed by atoms with Crippen molar-refractivity contribution >= 4 is 17.3 Å². The van der Waals surface area contributed by atoms with Crippen LogP contribution in [0.2, 0.25) is 0 Å². The van der Waals surface area contributed by atoms with Crippen LogP contribution in [0.3, 0.4) is 0 Å². The number of nitrogens with zero attached hydrogens (tertiary/aromatic N) is 4. The summed E-state index contributed by atoms with van der Waals surface area (Å²) < 4.78 is 13.4. The average molecular weight is 428 g/mol. The number of rotatable bonds is 4. The fourth-order valence-corrected chi connectivity index (χ4v) is 4.58. The van der Waals surface area contributed by atoms with Crippen molar-refractivity contribution in [2.75, 3.05) is 32.5 Å². The van der Waals surface area contributed by atoms with Gasteiger partial charge in [0.05, 0.1) is 21.3 Å². The first-order valence-corrected chi connectivity index (χ1v) is 11.3. The molecule has 1 saturated heterocycles. The number of aromatic nitrogens is 3. The number of likely N-dealkylation sites (tertiary alicyclic amines) is 1. The maximum Gasteiger partial charge on any atom is 0.222 e. The molecule has 0 bridgehead atoms. The number of anilines is 1. The topological polar surface area (TPSA) is 53.9 Å². The highest BCUT2D eigenvalue weighted by molar-refractivity contribution is 7.15. The third-order valence-electron chi connectivity index (χ3n) is 4.94.